The molecule has 0 spiro atoms. The van der Waals surface area contributed by atoms with Crippen molar-refractivity contribution >= 4 is 23.3 Å². The Hall–Kier alpha value is -3.10. The molecule has 0 amide bonds. The number of piperazine rings is 1. The molecule has 2 aliphatic rings. The first-order valence-electron chi connectivity index (χ1n) is 9.99. The number of nitrogens with one attached hydrogen (secondary N) is 1. The minimum absolute atomic E-state index is 0.0476. The monoisotopic (exact) mass is 410 g/mol. The molecule has 1 aromatic heterocycles. The number of hydrogen-bond donors (Lipinski definition) is 1. The summed E-state index contributed by atoms with van der Waals surface area (Å²) in [6.45, 7) is 4.92. The second-order valence-corrected chi connectivity index (χ2v) is 7.32. The molecule has 30 heavy (non-hydrogen) atoms. The number of esters is 1. The van der Waals surface area contributed by atoms with Gasteiger partial charge in [-0.3, -0.25) is 19.2 Å². The van der Waals surface area contributed by atoms with Crippen molar-refractivity contribution in [2.75, 3.05) is 39.3 Å². The van der Waals surface area contributed by atoms with Crippen molar-refractivity contribution < 1.29 is 28.3 Å². The first-order chi connectivity index (χ1) is 14.5. The Kier molecular flexibility index (Phi) is 5.87. The summed E-state index contributed by atoms with van der Waals surface area (Å²) in [6.07, 6.45) is 0.186. The average Bonchev–Trinajstić information content (AvgIpc) is 3.22. The van der Waals surface area contributed by atoms with Crippen LogP contribution in [0.25, 0.3) is 0 Å². The van der Waals surface area contributed by atoms with Gasteiger partial charge in [0.15, 0.2) is 17.3 Å². The third-order valence-electron chi connectivity index (χ3n) is 5.27. The summed E-state index contributed by atoms with van der Waals surface area (Å²) in [5, 5.41) is 3.27. The smallest absolute Gasteiger partial charge is 0.313 e. The van der Waals surface area contributed by atoms with E-state index in [1.54, 1.807) is 24.3 Å². The van der Waals surface area contributed by atoms with Crippen LogP contribution in [0, 0.1) is 0 Å². The van der Waals surface area contributed by atoms with Crippen molar-refractivity contribution in [2.24, 2.45) is 0 Å². The number of carbonyl (C=O) groups is 4. The van der Waals surface area contributed by atoms with Gasteiger partial charge in [0.25, 0.3) is 0 Å². The van der Waals surface area contributed by atoms with E-state index < -0.39 is 24.0 Å². The Labute approximate surface area is 173 Å². The molecule has 0 saturated carbocycles. The van der Waals surface area contributed by atoms with Gasteiger partial charge in [0, 0.05) is 43.9 Å². The Bertz CT molecular complexity index is 950. The van der Waals surface area contributed by atoms with Gasteiger partial charge in [0.1, 0.15) is 6.42 Å². The van der Waals surface area contributed by atoms with Crippen LogP contribution < -0.4 is 5.32 Å². The number of rotatable bonds is 7. The van der Waals surface area contributed by atoms with Gasteiger partial charge >= 0.3 is 5.97 Å². The molecular weight excluding hydrogens is 388 g/mol. The van der Waals surface area contributed by atoms with E-state index in [0.29, 0.717) is 6.42 Å². The maximum Gasteiger partial charge on any atom is 0.313 e. The zero-order valence-corrected chi connectivity index (χ0v) is 16.4. The normalized spacial score (nSPS) is 16.1. The molecule has 0 radical (unpaired) electrons. The standard InChI is InChI=1S/C22H22N2O6/c25-17(13-19(26)29-11-3-8-24-9-6-23-7-10-24)18-12-16-20(27)14-4-1-2-5-15(14)21(28)22(16)30-18/h1-2,4-5,12,23H,3,6-11,13H2. The van der Waals surface area contributed by atoms with Crippen LogP contribution in [0.3, 0.4) is 0 Å². The molecule has 8 heteroatoms. The van der Waals surface area contributed by atoms with Crippen molar-refractivity contribution in [3.05, 3.63) is 58.5 Å². The molecule has 1 N–H and O–H groups in total. The van der Waals surface area contributed by atoms with Crippen molar-refractivity contribution in [3.8, 4) is 0 Å². The molecule has 1 aromatic carbocycles. The predicted molar refractivity (Wildman–Crippen MR) is 106 cm³/mol. The average molecular weight is 410 g/mol. The summed E-state index contributed by atoms with van der Waals surface area (Å²) >= 11 is 0. The number of ether oxygens (including phenoxy) is 1. The Morgan fingerprint density at radius 1 is 1.03 bits per heavy atom. The summed E-state index contributed by atoms with van der Waals surface area (Å²) in [7, 11) is 0. The highest BCUT2D eigenvalue weighted by Gasteiger charge is 2.34. The molecule has 2 heterocycles. The van der Waals surface area contributed by atoms with Crippen LogP contribution in [0.15, 0.2) is 34.7 Å². The third kappa shape index (κ3) is 4.10. The molecule has 4 rings (SSSR count). The van der Waals surface area contributed by atoms with Gasteiger partial charge in [-0.05, 0) is 12.5 Å². The van der Waals surface area contributed by atoms with Crippen molar-refractivity contribution in [1.29, 1.82) is 0 Å². The third-order valence-corrected chi connectivity index (χ3v) is 5.27. The summed E-state index contributed by atoms with van der Waals surface area (Å²) in [6, 6.07) is 7.66. The van der Waals surface area contributed by atoms with E-state index in [9.17, 15) is 19.2 Å². The lowest BCUT2D eigenvalue weighted by molar-refractivity contribution is -0.142. The van der Waals surface area contributed by atoms with Gasteiger partial charge in [0.05, 0.1) is 12.2 Å². The Morgan fingerprint density at radius 3 is 2.47 bits per heavy atom. The number of carbonyl (C=O) groups excluding carboxylic acids is 4. The first kappa shape index (κ1) is 20.2. The molecule has 0 bridgehead atoms. The number of nitrogens with zero attached hydrogens (tertiary/aromatic N) is 1. The van der Waals surface area contributed by atoms with Crippen LogP contribution >= 0.6 is 0 Å². The van der Waals surface area contributed by atoms with Crippen LogP contribution in [0.1, 0.15) is 55.4 Å². The van der Waals surface area contributed by atoms with Crippen LogP contribution in [-0.2, 0) is 9.53 Å². The molecule has 1 saturated heterocycles. The first-order valence-corrected chi connectivity index (χ1v) is 9.99. The van der Waals surface area contributed by atoms with Crippen molar-refractivity contribution in [3.63, 3.8) is 0 Å². The predicted octanol–water partition coefficient (Wildman–Crippen LogP) is 1.47. The number of Topliss-reactive ketones (excluding diaryl/α,β-unsaturated/α-hetero) is 1. The van der Waals surface area contributed by atoms with Crippen LogP contribution in [0.5, 0.6) is 0 Å². The maximum absolute atomic E-state index is 12.6. The van der Waals surface area contributed by atoms with Gasteiger partial charge in [-0.2, -0.15) is 0 Å². The molecular formula is C22H22N2O6. The van der Waals surface area contributed by atoms with Crippen LogP contribution in [-0.4, -0.2) is 67.5 Å². The highest BCUT2D eigenvalue weighted by atomic mass is 16.5. The van der Waals surface area contributed by atoms with Gasteiger partial charge in [-0.1, -0.05) is 24.3 Å². The van der Waals surface area contributed by atoms with Crippen LogP contribution in [0.4, 0.5) is 0 Å². The van der Waals surface area contributed by atoms with Gasteiger partial charge < -0.3 is 19.4 Å². The molecule has 0 unspecified atom stereocenters. The van der Waals surface area contributed by atoms with Gasteiger partial charge in [0.2, 0.25) is 11.6 Å². The van der Waals surface area contributed by atoms with E-state index in [1.165, 1.54) is 6.07 Å². The van der Waals surface area contributed by atoms with Gasteiger partial charge in [-0.15, -0.1) is 0 Å². The van der Waals surface area contributed by atoms with E-state index in [4.69, 9.17) is 9.15 Å². The topological polar surface area (TPSA) is 106 Å². The molecule has 156 valence electrons. The number of ketones is 3. The maximum atomic E-state index is 12.6. The van der Waals surface area contributed by atoms with E-state index in [-0.39, 0.29) is 40.6 Å². The van der Waals surface area contributed by atoms with E-state index in [2.05, 4.69) is 10.2 Å². The summed E-state index contributed by atoms with van der Waals surface area (Å²) in [5.41, 5.74) is 0.567. The molecule has 0 atom stereocenters. The Balaban J connectivity index is 1.33. The zero-order chi connectivity index (χ0) is 21.1. The summed E-state index contributed by atoms with van der Waals surface area (Å²) in [5.74, 6) is -2.45. The zero-order valence-electron chi connectivity index (χ0n) is 16.4. The highest BCUT2D eigenvalue weighted by Crippen LogP contribution is 2.30. The fraction of sp³-hybridized carbons (Fsp3) is 0.364. The Morgan fingerprint density at radius 2 is 1.73 bits per heavy atom. The van der Waals surface area contributed by atoms with Gasteiger partial charge in [-0.25, -0.2) is 0 Å². The molecule has 8 nitrogen and oxygen atoms in total. The van der Waals surface area contributed by atoms with E-state index >= 15 is 0 Å². The molecule has 1 fully saturated rings. The summed E-state index contributed by atoms with van der Waals surface area (Å²) < 4.78 is 10.5. The lowest BCUT2D eigenvalue weighted by Crippen LogP contribution is -2.43. The lowest BCUT2D eigenvalue weighted by Gasteiger charge is -2.26. The lowest BCUT2D eigenvalue weighted by atomic mass is 9.88. The largest absolute Gasteiger partial charge is 0.465 e. The quantitative estimate of drug-likeness (QED) is 0.270. The fourth-order valence-corrected chi connectivity index (χ4v) is 3.69. The number of hydrogen-bond acceptors (Lipinski definition) is 8. The second kappa shape index (κ2) is 8.73. The second-order valence-electron chi connectivity index (χ2n) is 7.32. The van der Waals surface area contributed by atoms with E-state index in [1.807, 2.05) is 0 Å². The SMILES string of the molecule is O=C(CC(=O)c1cc2c(o1)C(=O)c1ccccc1C2=O)OCCCN1CCNCC1. The number of furan rings is 1. The molecule has 1 aliphatic carbocycles. The fourth-order valence-electron chi connectivity index (χ4n) is 3.69. The van der Waals surface area contributed by atoms with Crippen molar-refractivity contribution in [2.45, 2.75) is 12.8 Å². The number of fused-ring (bicyclic) bond motifs is 2. The van der Waals surface area contributed by atoms with Crippen LogP contribution in [0.2, 0.25) is 0 Å². The minimum atomic E-state index is -0.657. The van der Waals surface area contributed by atoms with E-state index in [0.717, 1.165) is 32.7 Å². The molecule has 2 aromatic rings. The highest BCUT2D eigenvalue weighted by molar-refractivity contribution is 6.28. The number of benzene rings is 1. The van der Waals surface area contributed by atoms with Crippen molar-refractivity contribution in [1.82, 2.24) is 10.2 Å². The molecule has 1 aliphatic heterocycles. The summed E-state index contributed by atoms with van der Waals surface area (Å²) in [4.78, 5) is 51.8. The minimum Gasteiger partial charge on any atom is -0.465 e.